The van der Waals surface area contributed by atoms with Crippen LogP contribution in [0.25, 0.3) is 0 Å². The van der Waals surface area contributed by atoms with E-state index in [-0.39, 0.29) is 10.8 Å². The van der Waals surface area contributed by atoms with Gasteiger partial charge < -0.3 is 0 Å². The second-order valence-electron chi connectivity index (χ2n) is 7.84. The van der Waals surface area contributed by atoms with Crippen molar-refractivity contribution in [1.29, 1.82) is 0 Å². The smallest absolute Gasteiger partial charge is 0.0574 e. The Balaban J connectivity index is 1.62. The predicted octanol–water partition coefficient (Wildman–Crippen LogP) is 2.38. The summed E-state index contributed by atoms with van der Waals surface area (Å²) in [6.07, 6.45) is 1.88. The molecule has 4 heterocycles. The molecule has 4 fully saturated rings. The van der Waals surface area contributed by atoms with Gasteiger partial charge in [0.15, 0.2) is 0 Å². The predicted molar refractivity (Wildman–Crippen MR) is 90.4 cm³/mol. The standard InChI is InChI=1S/C18H24N4/c1-14-4-6-15(7-5-14)8-19-20-16-17(2)9-21-11-18(16,3)12-22(10-17)13-21/h4-8H,9-13H2,1-3H3/b19-8+,20-16?. The molecule has 4 aliphatic rings. The van der Waals surface area contributed by atoms with Crippen molar-refractivity contribution in [3.05, 3.63) is 35.4 Å². The minimum Gasteiger partial charge on any atom is -0.289 e. The summed E-state index contributed by atoms with van der Waals surface area (Å²) in [6, 6.07) is 8.41. The molecule has 0 spiro atoms. The van der Waals surface area contributed by atoms with Crippen molar-refractivity contribution in [2.24, 2.45) is 21.0 Å². The van der Waals surface area contributed by atoms with Gasteiger partial charge in [0.25, 0.3) is 0 Å². The van der Waals surface area contributed by atoms with Gasteiger partial charge in [-0.15, -0.1) is 0 Å². The van der Waals surface area contributed by atoms with Crippen LogP contribution in [0.5, 0.6) is 0 Å². The highest BCUT2D eigenvalue weighted by Gasteiger charge is 2.57. The van der Waals surface area contributed by atoms with Crippen LogP contribution in [0.4, 0.5) is 0 Å². The van der Waals surface area contributed by atoms with Crippen molar-refractivity contribution in [3.8, 4) is 0 Å². The number of nitrogens with zero attached hydrogens (tertiary/aromatic N) is 4. The minimum absolute atomic E-state index is 0.161. The molecule has 5 rings (SSSR count). The number of rotatable bonds is 2. The van der Waals surface area contributed by atoms with Crippen LogP contribution in [0.1, 0.15) is 25.0 Å². The van der Waals surface area contributed by atoms with Gasteiger partial charge in [0.1, 0.15) is 0 Å². The van der Waals surface area contributed by atoms with Crippen LogP contribution < -0.4 is 0 Å². The number of piperidine rings is 2. The molecule has 0 atom stereocenters. The number of benzene rings is 1. The fourth-order valence-corrected chi connectivity index (χ4v) is 4.74. The van der Waals surface area contributed by atoms with E-state index in [1.807, 2.05) is 6.21 Å². The first-order chi connectivity index (χ1) is 10.5. The van der Waals surface area contributed by atoms with Crippen LogP contribution in [0.3, 0.4) is 0 Å². The van der Waals surface area contributed by atoms with Crippen molar-refractivity contribution in [2.75, 3.05) is 32.8 Å². The Hall–Kier alpha value is -1.52. The molecular formula is C18H24N4. The third kappa shape index (κ3) is 2.22. The third-order valence-electron chi connectivity index (χ3n) is 5.28. The van der Waals surface area contributed by atoms with Crippen LogP contribution >= 0.6 is 0 Å². The molecule has 4 saturated heterocycles. The molecule has 0 N–H and O–H groups in total. The monoisotopic (exact) mass is 296 g/mol. The molecule has 4 nitrogen and oxygen atoms in total. The van der Waals surface area contributed by atoms with Gasteiger partial charge in [-0.05, 0) is 12.5 Å². The zero-order valence-electron chi connectivity index (χ0n) is 13.7. The first kappa shape index (κ1) is 14.1. The van der Waals surface area contributed by atoms with Gasteiger partial charge in [0.2, 0.25) is 0 Å². The maximum Gasteiger partial charge on any atom is 0.0574 e. The first-order valence-electron chi connectivity index (χ1n) is 8.10. The van der Waals surface area contributed by atoms with Gasteiger partial charge in [0, 0.05) is 37.0 Å². The Labute approximate surface area is 132 Å². The Morgan fingerprint density at radius 1 is 0.955 bits per heavy atom. The zero-order valence-corrected chi connectivity index (χ0v) is 13.7. The van der Waals surface area contributed by atoms with E-state index in [2.05, 4.69) is 59.9 Å². The number of hydrogen-bond donors (Lipinski definition) is 0. The van der Waals surface area contributed by atoms with Gasteiger partial charge in [-0.2, -0.15) is 10.2 Å². The van der Waals surface area contributed by atoms with Gasteiger partial charge in [-0.25, -0.2) is 0 Å². The molecule has 4 heteroatoms. The van der Waals surface area contributed by atoms with Crippen LogP contribution in [0.2, 0.25) is 0 Å². The summed E-state index contributed by atoms with van der Waals surface area (Å²) in [5.74, 6) is 0. The third-order valence-corrected chi connectivity index (χ3v) is 5.28. The normalized spacial score (nSPS) is 39.7. The molecule has 0 saturated carbocycles. The zero-order chi connectivity index (χ0) is 15.4. The van der Waals surface area contributed by atoms with Crippen molar-refractivity contribution in [2.45, 2.75) is 20.8 Å². The minimum atomic E-state index is 0.161. The van der Waals surface area contributed by atoms with Crippen LogP contribution in [-0.4, -0.2) is 54.6 Å². The van der Waals surface area contributed by atoms with E-state index in [9.17, 15) is 0 Å². The van der Waals surface area contributed by atoms with E-state index < -0.39 is 0 Å². The van der Waals surface area contributed by atoms with Crippen molar-refractivity contribution < 1.29 is 0 Å². The molecule has 1 aromatic carbocycles. The summed E-state index contributed by atoms with van der Waals surface area (Å²) < 4.78 is 0. The number of hydrogen-bond acceptors (Lipinski definition) is 4. The van der Waals surface area contributed by atoms with E-state index >= 15 is 0 Å². The second-order valence-corrected chi connectivity index (χ2v) is 7.84. The van der Waals surface area contributed by atoms with Crippen molar-refractivity contribution in [1.82, 2.24) is 9.80 Å². The van der Waals surface area contributed by atoms with Gasteiger partial charge in [0.05, 0.1) is 18.6 Å². The van der Waals surface area contributed by atoms with Gasteiger partial charge in [-0.3, -0.25) is 9.80 Å². The summed E-state index contributed by atoms with van der Waals surface area (Å²) in [4.78, 5) is 5.13. The van der Waals surface area contributed by atoms with E-state index in [0.29, 0.717) is 0 Å². The molecule has 4 bridgehead atoms. The molecule has 4 aliphatic heterocycles. The largest absolute Gasteiger partial charge is 0.289 e. The van der Waals surface area contributed by atoms with Gasteiger partial charge >= 0.3 is 0 Å². The van der Waals surface area contributed by atoms with Crippen molar-refractivity contribution >= 4 is 11.9 Å². The maximum absolute atomic E-state index is 4.72. The lowest BCUT2D eigenvalue weighted by atomic mass is 9.62. The lowest BCUT2D eigenvalue weighted by Gasteiger charge is -2.62. The highest BCUT2D eigenvalue weighted by molar-refractivity contribution is 5.97. The highest BCUT2D eigenvalue weighted by atomic mass is 15.4. The molecule has 0 radical (unpaired) electrons. The summed E-state index contributed by atoms with van der Waals surface area (Å²) >= 11 is 0. The molecule has 0 aromatic heterocycles. The number of aryl methyl sites for hydroxylation is 1. The first-order valence-corrected chi connectivity index (χ1v) is 8.10. The Kier molecular flexibility index (Phi) is 3.03. The van der Waals surface area contributed by atoms with E-state index in [4.69, 9.17) is 5.10 Å². The second kappa shape index (κ2) is 4.74. The quantitative estimate of drug-likeness (QED) is 0.620. The topological polar surface area (TPSA) is 31.2 Å². The fourth-order valence-electron chi connectivity index (χ4n) is 4.74. The molecule has 0 amide bonds. The Morgan fingerprint density at radius 3 is 2.05 bits per heavy atom. The molecule has 116 valence electrons. The fraction of sp³-hybridized carbons (Fsp3) is 0.556. The van der Waals surface area contributed by atoms with Crippen LogP contribution in [-0.2, 0) is 0 Å². The highest BCUT2D eigenvalue weighted by Crippen LogP contribution is 2.46. The SMILES string of the molecule is Cc1ccc(/C=N/N=C2C3(C)CN4CN(C3)CC2(C)C4)cc1. The molecule has 0 aliphatic carbocycles. The summed E-state index contributed by atoms with van der Waals surface area (Å²) in [5.41, 5.74) is 4.01. The van der Waals surface area contributed by atoms with Crippen LogP contribution in [0, 0.1) is 17.8 Å². The van der Waals surface area contributed by atoms with Crippen molar-refractivity contribution in [3.63, 3.8) is 0 Å². The van der Waals surface area contributed by atoms with E-state index in [0.717, 1.165) is 38.4 Å². The summed E-state index contributed by atoms with van der Waals surface area (Å²) in [6.45, 7) is 12.4. The average Bonchev–Trinajstić information content (AvgIpc) is 2.42. The molecule has 0 unspecified atom stereocenters. The van der Waals surface area contributed by atoms with E-state index in [1.165, 1.54) is 11.3 Å². The molecule has 22 heavy (non-hydrogen) atoms. The summed E-state index contributed by atoms with van der Waals surface area (Å²) in [7, 11) is 0. The van der Waals surface area contributed by atoms with E-state index in [1.54, 1.807) is 0 Å². The average molecular weight is 296 g/mol. The lowest BCUT2D eigenvalue weighted by molar-refractivity contribution is -0.0738. The van der Waals surface area contributed by atoms with Crippen LogP contribution in [0.15, 0.2) is 34.5 Å². The molecule has 1 aromatic rings. The summed E-state index contributed by atoms with van der Waals surface area (Å²) in [5, 5.41) is 9.15. The Morgan fingerprint density at radius 2 is 1.50 bits per heavy atom. The van der Waals surface area contributed by atoms with Gasteiger partial charge in [-0.1, -0.05) is 43.7 Å². The maximum atomic E-state index is 4.72. The lowest BCUT2D eigenvalue weighted by Crippen LogP contribution is -2.74. The molecular weight excluding hydrogens is 272 g/mol. The Bertz CT molecular complexity index is 606.